The lowest BCUT2D eigenvalue weighted by molar-refractivity contribution is -0.126. The zero-order valence-corrected chi connectivity index (χ0v) is 22.9. The summed E-state index contributed by atoms with van der Waals surface area (Å²) in [6.45, 7) is 10.5. The number of amides is 2. The van der Waals surface area contributed by atoms with Crippen molar-refractivity contribution in [1.29, 1.82) is 0 Å². The SMILES string of the molecule is Cc1ccc(-c2nc3cc(C(=O)N4CCC(C(C)C(=O)NCCN5CCCCC5C)CC4)ccc3o2)cc1. The first-order valence-corrected chi connectivity index (χ1v) is 14.2. The van der Waals surface area contributed by atoms with E-state index >= 15 is 0 Å². The monoisotopic (exact) mass is 516 g/mol. The van der Waals surface area contributed by atoms with Gasteiger partial charge < -0.3 is 14.6 Å². The molecule has 0 saturated carbocycles. The van der Waals surface area contributed by atoms with Crippen LogP contribution in [0.25, 0.3) is 22.6 Å². The molecule has 2 aliphatic heterocycles. The predicted octanol–water partition coefficient (Wildman–Crippen LogP) is 5.28. The van der Waals surface area contributed by atoms with Crippen molar-refractivity contribution in [3.8, 4) is 11.5 Å². The summed E-state index contributed by atoms with van der Waals surface area (Å²) in [6, 6.07) is 14.1. The summed E-state index contributed by atoms with van der Waals surface area (Å²) in [4.78, 5) is 35.1. The number of oxazole rings is 1. The standard InChI is InChI=1S/C31H40N4O3/c1-21-7-9-25(10-8-21)30-33-27-20-26(11-12-28(27)38-30)31(37)35-17-13-24(14-18-35)23(3)29(36)32-15-19-34-16-5-4-6-22(34)2/h7-12,20,22-24H,4-6,13-19H2,1-3H3,(H,32,36). The molecule has 0 radical (unpaired) electrons. The van der Waals surface area contributed by atoms with Crippen LogP contribution >= 0.6 is 0 Å². The zero-order chi connectivity index (χ0) is 26.6. The molecule has 1 aromatic heterocycles. The Labute approximate surface area is 225 Å². The molecule has 38 heavy (non-hydrogen) atoms. The molecule has 202 valence electrons. The zero-order valence-electron chi connectivity index (χ0n) is 22.9. The molecule has 2 aromatic carbocycles. The molecule has 2 unspecified atom stereocenters. The summed E-state index contributed by atoms with van der Waals surface area (Å²) >= 11 is 0. The Hall–Kier alpha value is -3.19. The first kappa shape index (κ1) is 26.4. The Balaban J connectivity index is 1.13. The lowest BCUT2D eigenvalue weighted by Crippen LogP contribution is -2.45. The van der Waals surface area contributed by atoms with Crippen molar-refractivity contribution in [2.75, 3.05) is 32.7 Å². The average Bonchev–Trinajstić information content (AvgIpc) is 3.37. The molecular formula is C31H40N4O3. The van der Waals surface area contributed by atoms with E-state index in [4.69, 9.17) is 4.42 Å². The molecule has 3 heterocycles. The van der Waals surface area contributed by atoms with Gasteiger partial charge in [0, 0.05) is 49.3 Å². The summed E-state index contributed by atoms with van der Waals surface area (Å²) in [5.41, 5.74) is 4.08. The minimum Gasteiger partial charge on any atom is -0.436 e. The second-order valence-corrected chi connectivity index (χ2v) is 11.2. The minimum atomic E-state index is -0.0438. The highest BCUT2D eigenvalue weighted by atomic mass is 16.3. The second-order valence-electron chi connectivity index (χ2n) is 11.2. The number of piperidine rings is 2. The summed E-state index contributed by atoms with van der Waals surface area (Å²) in [5.74, 6) is 0.960. The number of nitrogens with one attached hydrogen (secondary N) is 1. The van der Waals surface area contributed by atoms with Crippen LogP contribution in [0.3, 0.4) is 0 Å². The van der Waals surface area contributed by atoms with E-state index in [1.165, 1.54) is 24.8 Å². The molecule has 7 heteroatoms. The number of nitrogens with zero attached hydrogens (tertiary/aromatic N) is 3. The van der Waals surface area contributed by atoms with Gasteiger partial charge in [-0.3, -0.25) is 14.5 Å². The highest BCUT2D eigenvalue weighted by Gasteiger charge is 2.30. The normalized spacial score (nSPS) is 20.0. The average molecular weight is 517 g/mol. The van der Waals surface area contributed by atoms with Crippen LogP contribution in [0.4, 0.5) is 0 Å². The Morgan fingerprint density at radius 1 is 1.05 bits per heavy atom. The van der Waals surface area contributed by atoms with Gasteiger partial charge in [0.1, 0.15) is 5.52 Å². The van der Waals surface area contributed by atoms with E-state index in [0.29, 0.717) is 54.1 Å². The Morgan fingerprint density at radius 3 is 2.55 bits per heavy atom. The van der Waals surface area contributed by atoms with Crippen LogP contribution < -0.4 is 5.32 Å². The molecule has 1 N–H and O–H groups in total. The summed E-state index contributed by atoms with van der Waals surface area (Å²) < 4.78 is 5.93. The number of aryl methyl sites for hydroxylation is 1. The van der Waals surface area contributed by atoms with Crippen LogP contribution in [0.2, 0.25) is 0 Å². The molecule has 0 spiro atoms. The maximum atomic E-state index is 13.3. The molecule has 2 aliphatic rings. The molecule has 7 nitrogen and oxygen atoms in total. The van der Waals surface area contributed by atoms with E-state index in [0.717, 1.165) is 31.5 Å². The molecule has 0 bridgehead atoms. The number of fused-ring (bicyclic) bond motifs is 1. The quantitative estimate of drug-likeness (QED) is 0.462. The summed E-state index contributed by atoms with van der Waals surface area (Å²) in [5, 5.41) is 3.16. The van der Waals surface area contributed by atoms with Crippen LogP contribution in [-0.2, 0) is 4.79 Å². The molecule has 2 saturated heterocycles. The van der Waals surface area contributed by atoms with Crippen molar-refractivity contribution in [3.05, 3.63) is 53.6 Å². The Kier molecular flexibility index (Phi) is 8.12. The van der Waals surface area contributed by atoms with Gasteiger partial charge in [-0.15, -0.1) is 0 Å². The van der Waals surface area contributed by atoms with Gasteiger partial charge in [0.05, 0.1) is 0 Å². The van der Waals surface area contributed by atoms with Crippen molar-refractivity contribution in [2.24, 2.45) is 11.8 Å². The van der Waals surface area contributed by atoms with E-state index < -0.39 is 0 Å². The first-order chi connectivity index (χ1) is 18.4. The molecule has 2 atom stereocenters. The molecule has 3 aromatic rings. The lowest BCUT2D eigenvalue weighted by Gasteiger charge is -2.35. The van der Waals surface area contributed by atoms with Crippen molar-refractivity contribution in [3.63, 3.8) is 0 Å². The number of carbonyl (C=O) groups is 2. The largest absolute Gasteiger partial charge is 0.436 e. The number of likely N-dealkylation sites (tertiary alicyclic amines) is 2. The lowest BCUT2D eigenvalue weighted by atomic mass is 9.84. The third-order valence-electron chi connectivity index (χ3n) is 8.52. The Morgan fingerprint density at radius 2 is 1.82 bits per heavy atom. The molecule has 2 fully saturated rings. The second kappa shape index (κ2) is 11.7. The number of benzene rings is 2. The maximum absolute atomic E-state index is 13.3. The first-order valence-electron chi connectivity index (χ1n) is 14.2. The number of carbonyl (C=O) groups excluding carboxylic acids is 2. The fraction of sp³-hybridized carbons (Fsp3) is 0.516. The van der Waals surface area contributed by atoms with Crippen LogP contribution in [-0.4, -0.2) is 65.4 Å². The number of hydrogen-bond acceptors (Lipinski definition) is 5. The van der Waals surface area contributed by atoms with Crippen molar-refractivity contribution in [2.45, 2.75) is 58.9 Å². The maximum Gasteiger partial charge on any atom is 0.253 e. The fourth-order valence-electron chi connectivity index (χ4n) is 5.85. The van der Waals surface area contributed by atoms with Gasteiger partial charge in [0.25, 0.3) is 5.91 Å². The number of rotatable bonds is 7. The van der Waals surface area contributed by atoms with Gasteiger partial charge in [-0.2, -0.15) is 0 Å². The predicted molar refractivity (Wildman–Crippen MR) is 150 cm³/mol. The van der Waals surface area contributed by atoms with Crippen molar-refractivity contribution >= 4 is 22.9 Å². The van der Waals surface area contributed by atoms with Crippen molar-refractivity contribution < 1.29 is 14.0 Å². The third-order valence-corrected chi connectivity index (χ3v) is 8.52. The smallest absolute Gasteiger partial charge is 0.253 e. The molecule has 2 amide bonds. The van der Waals surface area contributed by atoms with Gasteiger partial charge in [-0.05, 0) is 82.3 Å². The van der Waals surface area contributed by atoms with Gasteiger partial charge in [0.15, 0.2) is 5.58 Å². The van der Waals surface area contributed by atoms with Crippen LogP contribution in [0, 0.1) is 18.8 Å². The highest BCUT2D eigenvalue weighted by Crippen LogP contribution is 2.28. The Bertz CT molecular complexity index is 1260. The number of hydrogen-bond donors (Lipinski definition) is 1. The van der Waals surface area contributed by atoms with E-state index in [1.807, 2.05) is 61.2 Å². The molecule has 5 rings (SSSR count). The van der Waals surface area contributed by atoms with Gasteiger partial charge in [-0.1, -0.05) is 31.0 Å². The van der Waals surface area contributed by atoms with Crippen molar-refractivity contribution in [1.82, 2.24) is 20.1 Å². The van der Waals surface area contributed by atoms with Gasteiger partial charge in [-0.25, -0.2) is 4.98 Å². The molecular weight excluding hydrogens is 476 g/mol. The van der Waals surface area contributed by atoms with E-state index in [1.54, 1.807) is 0 Å². The minimum absolute atomic E-state index is 0.0120. The van der Waals surface area contributed by atoms with Gasteiger partial charge >= 0.3 is 0 Å². The highest BCUT2D eigenvalue weighted by molar-refractivity contribution is 5.97. The van der Waals surface area contributed by atoms with Crippen LogP contribution in [0.15, 0.2) is 46.9 Å². The third kappa shape index (κ3) is 5.93. The van der Waals surface area contributed by atoms with Gasteiger partial charge in [0.2, 0.25) is 11.8 Å². The van der Waals surface area contributed by atoms with Crippen LogP contribution in [0.5, 0.6) is 0 Å². The summed E-state index contributed by atoms with van der Waals surface area (Å²) in [6.07, 6.45) is 5.50. The van der Waals surface area contributed by atoms with Crippen LogP contribution in [0.1, 0.15) is 61.9 Å². The topological polar surface area (TPSA) is 78.7 Å². The summed E-state index contributed by atoms with van der Waals surface area (Å²) in [7, 11) is 0. The molecule has 0 aliphatic carbocycles. The van der Waals surface area contributed by atoms with E-state index in [-0.39, 0.29) is 17.7 Å². The number of aromatic nitrogens is 1. The van der Waals surface area contributed by atoms with E-state index in [9.17, 15) is 9.59 Å². The fourth-order valence-corrected chi connectivity index (χ4v) is 5.85. The van der Waals surface area contributed by atoms with E-state index in [2.05, 4.69) is 22.1 Å².